The lowest BCUT2D eigenvalue weighted by Crippen LogP contribution is -2.24. The quantitative estimate of drug-likeness (QED) is 0.631. The summed E-state index contributed by atoms with van der Waals surface area (Å²) < 4.78 is 25.6. The van der Waals surface area contributed by atoms with Crippen LogP contribution in [-0.2, 0) is 4.79 Å². The molecule has 0 heterocycles. The molecule has 1 fully saturated rings. The highest BCUT2D eigenvalue weighted by molar-refractivity contribution is 6.32. The maximum absolute atomic E-state index is 14.4. The second-order valence-electron chi connectivity index (χ2n) is 6.31. The first-order valence-electron chi connectivity index (χ1n) is 8.63. The first-order chi connectivity index (χ1) is 12.5. The van der Waals surface area contributed by atoms with Gasteiger partial charge in [-0.05, 0) is 61.1 Å². The van der Waals surface area contributed by atoms with E-state index in [-0.39, 0.29) is 36.3 Å². The third-order valence-electron chi connectivity index (χ3n) is 4.30. The van der Waals surface area contributed by atoms with Gasteiger partial charge in [0.15, 0.2) is 11.6 Å². The minimum atomic E-state index is -0.917. The number of carboxylic acids is 1. The lowest BCUT2D eigenvalue weighted by Gasteiger charge is -2.26. The summed E-state index contributed by atoms with van der Waals surface area (Å²) in [5.74, 6) is -0.784. The van der Waals surface area contributed by atoms with E-state index in [1.165, 1.54) is 12.5 Å². The van der Waals surface area contributed by atoms with Crippen molar-refractivity contribution in [2.45, 2.75) is 38.2 Å². The van der Waals surface area contributed by atoms with E-state index in [2.05, 4.69) is 0 Å². The number of carbonyl (C=O) groups is 1. The van der Waals surface area contributed by atoms with Gasteiger partial charge in [0.25, 0.3) is 0 Å². The number of hydrogen-bond acceptors (Lipinski definition) is 3. The monoisotopic (exact) mass is 378 g/mol. The lowest BCUT2D eigenvalue weighted by molar-refractivity contribution is -0.137. The molecule has 0 atom stereocenters. The van der Waals surface area contributed by atoms with Crippen molar-refractivity contribution in [1.29, 1.82) is 0 Å². The summed E-state index contributed by atoms with van der Waals surface area (Å²) >= 11 is 6.17. The van der Waals surface area contributed by atoms with Crippen LogP contribution in [0.3, 0.4) is 0 Å². The third-order valence-corrected chi connectivity index (χ3v) is 4.58. The fourth-order valence-corrected chi connectivity index (χ4v) is 2.95. The zero-order valence-electron chi connectivity index (χ0n) is 14.2. The van der Waals surface area contributed by atoms with Crippen LogP contribution in [-0.4, -0.2) is 23.8 Å². The molecule has 0 amide bonds. The van der Waals surface area contributed by atoms with Crippen LogP contribution in [0.5, 0.6) is 11.5 Å². The van der Waals surface area contributed by atoms with Crippen molar-refractivity contribution >= 4 is 17.6 Å². The molecule has 0 spiro atoms. The van der Waals surface area contributed by atoms with Gasteiger partial charge >= 0.3 is 5.97 Å². The van der Waals surface area contributed by atoms with Gasteiger partial charge in [-0.2, -0.15) is 0 Å². The van der Waals surface area contributed by atoms with Gasteiger partial charge in [-0.1, -0.05) is 23.7 Å². The molecule has 6 heteroatoms. The smallest absolute Gasteiger partial charge is 0.303 e. The summed E-state index contributed by atoms with van der Waals surface area (Å²) in [5, 5.41) is 8.77. The maximum atomic E-state index is 14.4. The SMILES string of the molecule is O=C(O)CCCOc1c(F)cc(-c2cccc(OC3CCC3)c2)cc1Cl. The minimum absolute atomic E-state index is 0.0366. The molecule has 1 aliphatic carbocycles. The fraction of sp³-hybridized carbons (Fsp3) is 0.350. The van der Waals surface area contributed by atoms with E-state index < -0.39 is 11.8 Å². The van der Waals surface area contributed by atoms with Crippen LogP contribution < -0.4 is 9.47 Å². The molecule has 0 unspecified atom stereocenters. The van der Waals surface area contributed by atoms with E-state index in [4.69, 9.17) is 26.2 Å². The number of benzene rings is 2. The second kappa shape index (κ2) is 8.41. The Kier molecular flexibility index (Phi) is 5.99. The average Bonchev–Trinajstić information content (AvgIpc) is 2.56. The van der Waals surface area contributed by atoms with Gasteiger partial charge < -0.3 is 14.6 Å². The summed E-state index contributed by atoms with van der Waals surface area (Å²) in [6, 6.07) is 10.5. The van der Waals surface area contributed by atoms with Gasteiger partial charge in [0.2, 0.25) is 0 Å². The first kappa shape index (κ1) is 18.5. The molecule has 138 valence electrons. The molecule has 2 aromatic carbocycles. The highest BCUT2D eigenvalue weighted by Crippen LogP contribution is 2.35. The van der Waals surface area contributed by atoms with Gasteiger partial charge in [-0.15, -0.1) is 0 Å². The Morgan fingerprint density at radius 1 is 1.23 bits per heavy atom. The van der Waals surface area contributed by atoms with E-state index in [0.29, 0.717) is 5.56 Å². The van der Waals surface area contributed by atoms with E-state index in [9.17, 15) is 9.18 Å². The van der Waals surface area contributed by atoms with Crippen LogP contribution in [0.25, 0.3) is 11.1 Å². The molecule has 1 aliphatic rings. The molecule has 2 aromatic rings. The van der Waals surface area contributed by atoms with Crippen LogP contribution >= 0.6 is 11.6 Å². The Morgan fingerprint density at radius 3 is 2.69 bits per heavy atom. The second-order valence-corrected chi connectivity index (χ2v) is 6.72. The van der Waals surface area contributed by atoms with Crippen LogP contribution in [0, 0.1) is 5.82 Å². The zero-order valence-corrected chi connectivity index (χ0v) is 15.0. The summed E-state index contributed by atoms with van der Waals surface area (Å²) in [6.07, 6.45) is 3.85. The summed E-state index contributed by atoms with van der Waals surface area (Å²) in [7, 11) is 0. The Morgan fingerprint density at radius 2 is 2.04 bits per heavy atom. The van der Waals surface area contributed by atoms with Crippen LogP contribution in [0.2, 0.25) is 5.02 Å². The molecule has 26 heavy (non-hydrogen) atoms. The molecular formula is C20H20ClFO4. The molecule has 0 aromatic heterocycles. The molecule has 0 saturated heterocycles. The van der Waals surface area contributed by atoms with Crippen molar-refractivity contribution in [3.8, 4) is 22.6 Å². The van der Waals surface area contributed by atoms with E-state index in [0.717, 1.165) is 24.2 Å². The Bertz CT molecular complexity index is 766. The van der Waals surface area contributed by atoms with Crippen molar-refractivity contribution in [3.05, 3.63) is 47.2 Å². The van der Waals surface area contributed by atoms with Gasteiger partial charge in [-0.25, -0.2) is 4.39 Å². The Hall–Kier alpha value is -2.27. The normalized spacial score (nSPS) is 13.9. The topological polar surface area (TPSA) is 55.8 Å². The number of rotatable bonds is 8. The molecule has 0 aliphatic heterocycles. The summed E-state index contributed by atoms with van der Waals surface area (Å²) in [6.45, 7) is 0.0903. The number of ether oxygens (including phenoxy) is 2. The fourth-order valence-electron chi connectivity index (χ4n) is 2.69. The van der Waals surface area contributed by atoms with Crippen molar-refractivity contribution in [1.82, 2.24) is 0 Å². The Labute approximate surface area is 156 Å². The van der Waals surface area contributed by atoms with Gasteiger partial charge in [0.05, 0.1) is 17.7 Å². The van der Waals surface area contributed by atoms with E-state index >= 15 is 0 Å². The zero-order chi connectivity index (χ0) is 18.5. The standard InChI is InChI=1S/C20H20ClFO4/c21-17-11-14(12-18(22)20(17)25-9-3-8-19(23)24)13-4-1-7-16(10-13)26-15-5-2-6-15/h1,4,7,10-12,15H,2-3,5-6,8-9H2,(H,23,24). The third kappa shape index (κ3) is 4.67. The Balaban J connectivity index is 1.72. The molecule has 0 radical (unpaired) electrons. The molecule has 1 N–H and O–H groups in total. The van der Waals surface area contributed by atoms with E-state index in [1.807, 2.05) is 24.3 Å². The predicted octanol–water partition coefficient (Wildman–Crippen LogP) is 5.32. The largest absolute Gasteiger partial charge is 0.490 e. The van der Waals surface area contributed by atoms with Crippen LogP contribution in [0.4, 0.5) is 4.39 Å². The highest BCUT2D eigenvalue weighted by atomic mass is 35.5. The van der Waals surface area contributed by atoms with Crippen LogP contribution in [0.1, 0.15) is 32.1 Å². The lowest BCUT2D eigenvalue weighted by atomic mass is 9.96. The summed E-state index contributed by atoms with van der Waals surface area (Å²) in [4.78, 5) is 10.5. The van der Waals surface area contributed by atoms with Crippen LogP contribution in [0.15, 0.2) is 36.4 Å². The van der Waals surface area contributed by atoms with Gasteiger partial charge in [0.1, 0.15) is 5.75 Å². The number of hydrogen-bond donors (Lipinski definition) is 1. The summed E-state index contributed by atoms with van der Waals surface area (Å²) in [5.41, 5.74) is 1.43. The molecule has 4 nitrogen and oxygen atoms in total. The predicted molar refractivity (Wildman–Crippen MR) is 97.5 cm³/mol. The molecule has 0 bridgehead atoms. The maximum Gasteiger partial charge on any atom is 0.303 e. The van der Waals surface area contributed by atoms with Gasteiger partial charge in [0, 0.05) is 6.42 Å². The average molecular weight is 379 g/mol. The van der Waals surface area contributed by atoms with E-state index in [1.54, 1.807) is 6.07 Å². The first-order valence-corrected chi connectivity index (χ1v) is 9.01. The molecule has 3 rings (SSSR count). The van der Waals surface area contributed by atoms with Crippen molar-refractivity contribution in [2.24, 2.45) is 0 Å². The number of aliphatic carboxylic acids is 1. The van der Waals surface area contributed by atoms with Crippen molar-refractivity contribution in [2.75, 3.05) is 6.61 Å². The minimum Gasteiger partial charge on any atom is -0.490 e. The number of halogens is 2. The highest BCUT2D eigenvalue weighted by Gasteiger charge is 2.19. The number of carboxylic acid groups (broad SMARTS) is 1. The van der Waals surface area contributed by atoms with Gasteiger partial charge in [-0.3, -0.25) is 4.79 Å². The van der Waals surface area contributed by atoms with Crippen molar-refractivity contribution in [3.63, 3.8) is 0 Å². The molecule has 1 saturated carbocycles. The molecular weight excluding hydrogens is 359 g/mol. The van der Waals surface area contributed by atoms with Crippen molar-refractivity contribution < 1.29 is 23.8 Å².